The summed E-state index contributed by atoms with van der Waals surface area (Å²) < 4.78 is 11.0. The highest BCUT2D eigenvalue weighted by Crippen LogP contribution is 2.46. The van der Waals surface area contributed by atoms with E-state index in [1.807, 2.05) is 38.1 Å². The van der Waals surface area contributed by atoms with Crippen molar-refractivity contribution in [2.24, 2.45) is 11.8 Å². The number of allylic oxidation sites excluding steroid dienone is 1. The zero-order valence-corrected chi connectivity index (χ0v) is 19.7. The van der Waals surface area contributed by atoms with Gasteiger partial charge in [-0.05, 0) is 65.0 Å². The highest BCUT2D eigenvalue weighted by Gasteiger charge is 2.44. The van der Waals surface area contributed by atoms with E-state index in [1.54, 1.807) is 12.1 Å². The number of phenols is 1. The molecule has 0 aromatic heterocycles. The number of halogens is 1. The number of phenolic OH excluding ortho intramolecular Hbond substituents is 1. The number of para-hydroxylation sites is 2. The number of nitrogens with one attached hydrogen (secondary N) is 2. The van der Waals surface area contributed by atoms with E-state index >= 15 is 0 Å². The molecule has 8 heteroatoms. The second kappa shape index (κ2) is 8.86. The molecular formula is C24H25BrN2O5. The third kappa shape index (κ3) is 3.83. The first-order chi connectivity index (χ1) is 15.3. The lowest BCUT2D eigenvalue weighted by Gasteiger charge is -2.32. The van der Waals surface area contributed by atoms with E-state index < -0.39 is 17.9 Å². The SMILES string of the molecule is CCOc1cc([C@@H]2Nc3ccccc3NC3=C2C(=O)[C@H](C(=O)OC)[C@@H](C)C3)cc(Br)c1O. The Morgan fingerprint density at radius 3 is 2.66 bits per heavy atom. The average Bonchev–Trinajstić information content (AvgIpc) is 2.93. The largest absolute Gasteiger partial charge is 0.503 e. The smallest absolute Gasteiger partial charge is 0.316 e. The predicted octanol–water partition coefficient (Wildman–Crippen LogP) is 4.78. The summed E-state index contributed by atoms with van der Waals surface area (Å²) in [5.41, 5.74) is 3.64. The Morgan fingerprint density at radius 1 is 1.25 bits per heavy atom. The van der Waals surface area contributed by atoms with Gasteiger partial charge in [0, 0.05) is 11.3 Å². The van der Waals surface area contributed by atoms with Gasteiger partial charge in [-0.15, -0.1) is 0 Å². The normalized spacial score (nSPS) is 22.1. The fourth-order valence-electron chi connectivity index (χ4n) is 4.41. The van der Waals surface area contributed by atoms with Crippen molar-refractivity contribution in [1.82, 2.24) is 0 Å². The first kappa shape index (κ1) is 22.2. The Balaban J connectivity index is 1.90. The number of aromatic hydroxyl groups is 1. The summed E-state index contributed by atoms with van der Waals surface area (Å²) in [5, 5.41) is 17.3. The van der Waals surface area contributed by atoms with E-state index in [4.69, 9.17) is 9.47 Å². The number of benzene rings is 2. The van der Waals surface area contributed by atoms with Crippen LogP contribution < -0.4 is 15.4 Å². The Bertz CT molecular complexity index is 1110. The fraction of sp³-hybridized carbons (Fsp3) is 0.333. The molecule has 0 fully saturated rings. The molecule has 3 atom stereocenters. The third-order valence-corrected chi connectivity index (χ3v) is 6.51. The molecule has 1 aliphatic carbocycles. The van der Waals surface area contributed by atoms with Crippen LogP contribution in [0.2, 0.25) is 0 Å². The number of fused-ring (bicyclic) bond motifs is 1. The minimum absolute atomic E-state index is 0.00650. The molecule has 2 aliphatic rings. The molecule has 0 radical (unpaired) electrons. The van der Waals surface area contributed by atoms with Gasteiger partial charge in [-0.25, -0.2) is 0 Å². The first-order valence-corrected chi connectivity index (χ1v) is 11.3. The van der Waals surface area contributed by atoms with Crippen LogP contribution in [0, 0.1) is 11.8 Å². The van der Waals surface area contributed by atoms with Crippen LogP contribution in [-0.4, -0.2) is 30.6 Å². The molecule has 168 valence electrons. The summed E-state index contributed by atoms with van der Waals surface area (Å²) >= 11 is 3.40. The van der Waals surface area contributed by atoms with E-state index in [0.717, 1.165) is 22.6 Å². The standard InChI is InChI=1S/C24H25BrN2O5/c1-4-32-18-11-13(10-14(25)22(18)28)21-20-17(26-15-7-5-6-8-16(15)27-21)9-12(2)19(23(20)29)24(30)31-3/h5-8,10-12,19,21,26-28H,4,9H2,1-3H3/t12-,19+,21-/m0/s1. The second-order valence-electron chi connectivity index (χ2n) is 7.97. The zero-order valence-electron chi connectivity index (χ0n) is 18.1. The van der Waals surface area contributed by atoms with Gasteiger partial charge in [0.05, 0.1) is 35.6 Å². The molecule has 0 saturated heterocycles. The van der Waals surface area contributed by atoms with Gasteiger partial charge in [-0.2, -0.15) is 0 Å². The maximum absolute atomic E-state index is 13.7. The van der Waals surface area contributed by atoms with Crippen LogP contribution in [0.3, 0.4) is 0 Å². The zero-order chi connectivity index (χ0) is 23.0. The minimum atomic E-state index is -0.877. The quantitative estimate of drug-likeness (QED) is 0.410. The molecule has 0 unspecified atom stereocenters. The summed E-state index contributed by atoms with van der Waals surface area (Å²) in [6.07, 6.45) is 0.519. The van der Waals surface area contributed by atoms with Crippen LogP contribution in [0.1, 0.15) is 31.9 Å². The van der Waals surface area contributed by atoms with Crippen molar-refractivity contribution in [2.75, 3.05) is 24.4 Å². The molecule has 2 aromatic carbocycles. The molecule has 0 amide bonds. The number of hydrogen-bond acceptors (Lipinski definition) is 7. The number of anilines is 2. The van der Waals surface area contributed by atoms with Gasteiger partial charge in [0.15, 0.2) is 17.3 Å². The van der Waals surface area contributed by atoms with Crippen molar-refractivity contribution >= 4 is 39.1 Å². The molecule has 32 heavy (non-hydrogen) atoms. The molecule has 1 heterocycles. The van der Waals surface area contributed by atoms with Gasteiger partial charge in [-0.1, -0.05) is 19.1 Å². The van der Waals surface area contributed by atoms with Crippen LogP contribution >= 0.6 is 15.9 Å². The van der Waals surface area contributed by atoms with E-state index in [0.29, 0.717) is 28.8 Å². The van der Waals surface area contributed by atoms with E-state index in [2.05, 4.69) is 26.6 Å². The molecule has 4 rings (SSSR count). The van der Waals surface area contributed by atoms with Crippen molar-refractivity contribution in [1.29, 1.82) is 0 Å². The Labute approximate surface area is 194 Å². The number of hydrogen-bond donors (Lipinski definition) is 3. The van der Waals surface area contributed by atoms with Gasteiger partial charge < -0.3 is 25.2 Å². The van der Waals surface area contributed by atoms with Crippen molar-refractivity contribution < 1.29 is 24.2 Å². The number of rotatable bonds is 4. The minimum Gasteiger partial charge on any atom is -0.503 e. The van der Waals surface area contributed by atoms with Gasteiger partial charge >= 0.3 is 5.97 Å². The van der Waals surface area contributed by atoms with Crippen molar-refractivity contribution in [3.8, 4) is 11.5 Å². The van der Waals surface area contributed by atoms with Gasteiger partial charge in [-0.3, -0.25) is 9.59 Å². The number of carbonyl (C=O) groups is 2. The lowest BCUT2D eigenvalue weighted by atomic mass is 9.75. The number of ketones is 1. The molecule has 0 bridgehead atoms. The molecular weight excluding hydrogens is 476 g/mol. The summed E-state index contributed by atoms with van der Waals surface area (Å²) in [7, 11) is 1.30. The second-order valence-corrected chi connectivity index (χ2v) is 8.82. The summed E-state index contributed by atoms with van der Waals surface area (Å²) in [6.45, 7) is 4.09. The van der Waals surface area contributed by atoms with E-state index in [1.165, 1.54) is 7.11 Å². The predicted molar refractivity (Wildman–Crippen MR) is 125 cm³/mol. The highest BCUT2D eigenvalue weighted by molar-refractivity contribution is 9.10. The van der Waals surface area contributed by atoms with Crippen LogP contribution in [0.25, 0.3) is 0 Å². The first-order valence-electron chi connectivity index (χ1n) is 10.5. The van der Waals surface area contributed by atoms with E-state index in [9.17, 15) is 14.7 Å². The van der Waals surface area contributed by atoms with Crippen LogP contribution in [0.4, 0.5) is 11.4 Å². The molecule has 2 aromatic rings. The number of Topliss-reactive ketones (excluding diaryl/α,β-unsaturated/α-hetero) is 1. The Hall–Kier alpha value is -3.00. The highest BCUT2D eigenvalue weighted by atomic mass is 79.9. The molecule has 1 aliphatic heterocycles. The van der Waals surface area contributed by atoms with Crippen LogP contribution in [0.5, 0.6) is 11.5 Å². The molecule has 0 saturated carbocycles. The Kier molecular flexibility index (Phi) is 6.15. The maximum Gasteiger partial charge on any atom is 0.316 e. The van der Waals surface area contributed by atoms with Crippen LogP contribution in [-0.2, 0) is 14.3 Å². The number of methoxy groups -OCH3 is 1. The van der Waals surface area contributed by atoms with Gasteiger partial charge in [0.25, 0.3) is 0 Å². The molecule has 7 nitrogen and oxygen atoms in total. The van der Waals surface area contributed by atoms with Gasteiger partial charge in [0.1, 0.15) is 5.92 Å². The van der Waals surface area contributed by atoms with Crippen molar-refractivity contribution in [2.45, 2.75) is 26.3 Å². The number of ether oxygens (including phenoxy) is 2. The fourth-order valence-corrected chi connectivity index (χ4v) is 4.87. The lowest BCUT2D eigenvalue weighted by Crippen LogP contribution is -2.39. The number of carbonyl (C=O) groups excluding carboxylic acids is 2. The lowest BCUT2D eigenvalue weighted by molar-refractivity contribution is -0.151. The molecule has 3 N–H and O–H groups in total. The molecule has 0 spiro atoms. The summed E-state index contributed by atoms with van der Waals surface area (Å²) in [5.74, 6) is -1.59. The average molecular weight is 501 g/mol. The van der Waals surface area contributed by atoms with Crippen molar-refractivity contribution in [3.05, 3.63) is 57.7 Å². The maximum atomic E-state index is 13.7. The Morgan fingerprint density at radius 2 is 1.97 bits per heavy atom. The van der Waals surface area contributed by atoms with E-state index in [-0.39, 0.29) is 17.5 Å². The topological polar surface area (TPSA) is 96.9 Å². The van der Waals surface area contributed by atoms with Crippen molar-refractivity contribution in [3.63, 3.8) is 0 Å². The van der Waals surface area contributed by atoms with Crippen LogP contribution in [0.15, 0.2) is 52.1 Å². The number of esters is 1. The third-order valence-electron chi connectivity index (χ3n) is 5.91. The summed E-state index contributed by atoms with van der Waals surface area (Å²) in [4.78, 5) is 26.2. The van der Waals surface area contributed by atoms with Gasteiger partial charge in [0.2, 0.25) is 0 Å². The summed E-state index contributed by atoms with van der Waals surface area (Å²) in [6, 6.07) is 10.6. The monoisotopic (exact) mass is 500 g/mol.